The molecule has 1 heterocycles. The molecule has 3 atom stereocenters. The molecule has 7 rings (SSSR count). The van der Waals surface area contributed by atoms with Crippen molar-refractivity contribution in [1.82, 2.24) is 15.3 Å². The predicted molar refractivity (Wildman–Crippen MR) is 189 cm³/mol. The first-order valence-corrected chi connectivity index (χ1v) is 18.1. The molecule has 3 unspecified atom stereocenters. The predicted octanol–water partition coefficient (Wildman–Crippen LogP) is 7.77. The van der Waals surface area contributed by atoms with Crippen molar-refractivity contribution in [3.63, 3.8) is 0 Å². The van der Waals surface area contributed by atoms with Crippen LogP contribution < -0.4 is 10.2 Å². The number of carbonyl (C=O) groups excluding carboxylic acids is 1. The van der Waals surface area contributed by atoms with Crippen molar-refractivity contribution in [3.05, 3.63) is 101 Å². The zero-order valence-electron chi connectivity index (χ0n) is 27.4. The average molecular weight is 649 g/mol. The number of rotatable bonds is 8. The third kappa shape index (κ3) is 6.40. The minimum absolute atomic E-state index is 0.0147. The van der Waals surface area contributed by atoms with Gasteiger partial charge in [-0.3, -0.25) is 9.00 Å². The number of anilines is 1. The van der Waals surface area contributed by atoms with Gasteiger partial charge >= 0.3 is 0 Å². The summed E-state index contributed by atoms with van der Waals surface area (Å²) < 4.78 is 26.3. The summed E-state index contributed by atoms with van der Waals surface area (Å²) in [5, 5.41) is 4.39. The first-order chi connectivity index (χ1) is 22.7. The zero-order valence-corrected chi connectivity index (χ0v) is 28.2. The highest BCUT2D eigenvalue weighted by atomic mass is 32.2. The SMILES string of the molecule is CC1=C(CC(=O)NC2CCC(C3CC3c3nc(N(C)C)c4ccccc4n3)CC2)c2cc(F)ccc2/C1=C/c1ccc(S(C)=O)cc1. The van der Waals surface area contributed by atoms with Gasteiger partial charge in [0.05, 0.1) is 11.9 Å². The van der Waals surface area contributed by atoms with E-state index in [4.69, 9.17) is 9.97 Å². The Balaban J connectivity index is 0.993. The molecule has 2 saturated carbocycles. The summed E-state index contributed by atoms with van der Waals surface area (Å²) in [4.78, 5) is 26.2. The topological polar surface area (TPSA) is 75.2 Å². The van der Waals surface area contributed by atoms with Gasteiger partial charge in [0, 0.05) is 53.4 Å². The summed E-state index contributed by atoms with van der Waals surface area (Å²) in [6.07, 6.45) is 9.19. The van der Waals surface area contributed by atoms with Crippen LogP contribution >= 0.6 is 0 Å². The maximum atomic E-state index is 14.4. The first-order valence-electron chi connectivity index (χ1n) is 16.5. The number of carbonyl (C=O) groups is 1. The monoisotopic (exact) mass is 648 g/mol. The molecular weight excluding hydrogens is 608 g/mol. The minimum Gasteiger partial charge on any atom is -0.362 e. The second-order valence-electron chi connectivity index (χ2n) is 13.6. The standard InChI is InChI=1S/C39H41FN4O2S/c1-23-31(19-24-9-16-28(17-10-24)47(4)46)29-18-13-26(40)20-34(29)32(23)22-37(45)41-27-14-11-25(12-15-27)33-21-35(33)38-42-36-8-6-5-7-30(36)39(43-38)44(2)3/h5-10,13,16-20,25,27,33,35H,11-12,14-15,21-22H2,1-4H3,(H,41,45)/b31-19+. The van der Waals surface area contributed by atoms with E-state index >= 15 is 0 Å². The summed E-state index contributed by atoms with van der Waals surface area (Å²) in [6.45, 7) is 2.01. The van der Waals surface area contributed by atoms with Crippen LogP contribution in [0.2, 0.25) is 0 Å². The van der Waals surface area contributed by atoms with E-state index in [0.717, 1.165) is 93.0 Å². The van der Waals surface area contributed by atoms with Gasteiger partial charge in [-0.25, -0.2) is 14.4 Å². The van der Waals surface area contributed by atoms with Crippen molar-refractivity contribution in [2.24, 2.45) is 11.8 Å². The van der Waals surface area contributed by atoms with Crippen LogP contribution in [-0.4, -0.2) is 46.5 Å². The number of para-hydroxylation sites is 1. The van der Waals surface area contributed by atoms with Gasteiger partial charge in [-0.1, -0.05) is 30.3 Å². The number of nitrogens with one attached hydrogen (secondary N) is 1. The van der Waals surface area contributed by atoms with E-state index in [1.807, 2.05) is 57.4 Å². The lowest BCUT2D eigenvalue weighted by Crippen LogP contribution is -2.38. The zero-order chi connectivity index (χ0) is 32.8. The Bertz CT molecular complexity index is 1940. The first kappa shape index (κ1) is 31.4. The number of allylic oxidation sites excluding steroid dienone is 2. The molecule has 1 N–H and O–H groups in total. The second-order valence-corrected chi connectivity index (χ2v) is 14.9. The van der Waals surface area contributed by atoms with Crippen molar-refractivity contribution in [2.45, 2.75) is 62.3 Å². The Kier molecular flexibility index (Phi) is 8.56. The second kappa shape index (κ2) is 12.8. The van der Waals surface area contributed by atoms with Crippen molar-refractivity contribution >= 4 is 50.6 Å². The van der Waals surface area contributed by atoms with E-state index in [-0.39, 0.29) is 24.2 Å². The fourth-order valence-electron chi connectivity index (χ4n) is 7.65. The highest BCUT2D eigenvalue weighted by Gasteiger charge is 2.46. The van der Waals surface area contributed by atoms with Crippen molar-refractivity contribution < 1.29 is 13.4 Å². The average Bonchev–Trinajstić information content (AvgIpc) is 3.83. The van der Waals surface area contributed by atoms with E-state index in [9.17, 15) is 13.4 Å². The molecule has 242 valence electrons. The Morgan fingerprint density at radius 1 is 1.00 bits per heavy atom. The number of benzene rings is 3. The fourth-order valence-corrected chi connectivity index (χ4v) is 8.17. The molecule has 3 aliphatic rings. The van der Waals surface area contributed by atoms with Gasteiger partial charge in [-0.15, -0.1) is 0 Å². The van der Waals surface area contributed by atoms with Crippen LogP contribution in [-0.2, 0) is 15.6 Å². The summed E-state index contributed by atoms with van der Waals surface area (Å²) in [7, 11) is 3.03. The molecule has 0 bridgehead atoms. The third-order valence-electron chi connectivity index (χ3n) is 10.3. The maximum absolute atomic E-state index is 14.4. The number of nitrogens with zero attached hydrogens (tertiary/aromatic N) is 3. The summed E-state index contributed by atoms with van der Waals surface area (Å²) in [5.74, 6) is 3.25. The molecule has 0 saturated heterocycles. The van der Waals surface area contributed by atoms with Crippen LogP contribution in [0.4, 0.5) is 10.2 Å². The van der Waals surface area contributed by atoms with Crippen LogP contribution in [0.15, 0.2) is 77.2 Å². The number of amides is 1. The largest absolute Gasteiger partial charge is 0.362 e. The number of halogens is 1. The fraction of sp³-hybridized carbons (Fsp3) is 0.359. The molecule has 3 aliphatic carbocycles. The van der Waals surface area contributed by atoms with Gasteiger partial charge in [-0.2, -0.15) is 0 Å². The smallest absolute Gasteiger partial charge is 0.224 e. The van der Waals surface area contributed by atoms with E-state index in [2.05, 4.69) is 28.4 Å². The van der Waals surface area contributed by atoms with E-state index in [0.29, 0.717) is 17.8 Å². The highest BCUT2D eigenvalue weighted by Crippen LogP contribution is 2.55. The minimum atomic E-state index is -1.04. The van der Waals surface area contributed by atoms with Gasteiger partial charge < -0.3 is 10.2 Å². The molecule has 1 amide bonds. The van der Waals surface area contributed by atoms with Crippen LogP contribution in [0.1, 0.15) is 73.9 Å². The number of hydrogen-bond acceptors (Lipinski definition) is 5. The van der Waals surface area contributed by atoms with Crippen LogP contribution in [0, 0.1) is 17.7 Å². The van der Waals surface area contributed by atoms with Gasteiger partial charge in [0.2, 0.25) is 5.91 Å². The Morgan fingerprint density at radius 2 is 1.74 bits per heavy atom. The molecule has 3 aromatic carbocycles. The van der Waals surface area contributed by atoms with Gasteiger partial charge in [-0.05, 0) is 127 Å². The lowest BCUT2D eigenvalue weighted by atomic mass is 9.82. The van der Waals surface area contributed by atoms with Gasteiger partial charge in [0.15, 0.2) is 0 Å². The number of fused-ring (bicyclic) bond motifs is 2. The van der Waals surface area contributed by atoms with Crippen molar-refractivity contribution in [3.8, 4) is 0 Å². The number of aromatic nitrogens is 2. The molecule has 6 nitrogen and oxygen atoms in total. The molecule has 4 aromatic rings. The Morgan fingerprint density at radius 3 is 2.47 bits per heavy atom. The summed E-state index contributed by atoms with van der Waals surface area (Å²) in [5.41, 5.74) is 6.53. The molecular formula is C39H41FN4O2S. The maximum Gasteiger partial charge on any atom is 0.224 e. The van der Waals surface area contributed by atoms with E-state index < -0.39 is 10.8 Å². The quantitative estimate of drug-likeness (QED) is 0.211. The molecule has 0 radical (unpaired) electrons. The third-order valence-corrected chi connectivity index (χ3v) is 11.2. The molecule has 8 heteroatoms. The number of hydrogen-bond donors (Lipinski definition) is 1. The lowest BCUT2D eigenvalue weighted by Gasteiger charge is -2.29. The molecule has 0 spiro atoms. The molecule has 1 aromatic heterocycles. The summed E-state index contributed by atoms with van der Waals surface area (Å²) >= 11 is 0. The molecule has 47 heavy (non-hydrogen) atoms. The van der Waals surface area contributed by atoms with E-state index in [1.54, 1.807) is 18.4 Å². The summed E-state index contributed by atoms with van der Waals surface area (Å²) in [6, 6.07) is 20.8. The van der Waals surface area contributed by atoms with Crippen LogP contribution in [0.5, 0.6) is 0 Å². The van der Waals surface area contributed by atoms with Crippen molar-refractivity contribution in [1.29, 1.82) is 0 Å². The van der Waals surface area contributed by atoms with Crippen LogP contribution in [0.25, 0.3) is 28.1 Å². The Hall–Kier alpha value is -4.17. The molecule has 0 aliphatic heterocycles. The van der Waals surface area contributed by atoms with E-state index in [1.165, 1.54) is 6.07 Å². The lowest BCUT2D eigenvalue weighted by molar-refractivity contribution is -0.121. The van der Waals surface area contributed by atoms with Gasteiger partial charge in [0.25, 0.3) is 0 Å². The molecule has 2 fully saturated rings. The normalized spacial score (nSPS) is 23.6. The van der Waals surface area contributed by atoms with Gasteiger partial charge in [0.1, 0.15) is 17.5 Å². The highest BCUT2D eigenvalue weighted by molar-refractivity contribution is 7.84. The van der Waals surface area contributed by atoms with Crippen LogP contribution in [0.3, 0.4) is 0 Å². The Labute approximate surface area is 278 Å². The van der Waals surface area contributed by atoms with Crippen molar-refractivity contribution in [2.75, 3.05) is 25.3 Å².